The van der Waals surface area contributed by atoms with Crippen LogP contribution in [0.25, 0.3) is 0 Å². The van der Waals surface area contributed by atoms with Crippen molar-refractivity contribution in [2.24, 2.45) is 0 Å². The Balaban J connectivity index is 3.35. The number of rotatable bonds is 7. The first-order chi connectivity index (χ1) is 6.02. The van der Waals surface area contributed by atoms with Crippen molar-refractivity contribution in [1.82, 2.24) is 5.32 Å². The SMILES string of the molecule is CCC(C)(C)NCCCC(C)OC. The second-order valence-corrected chi connectivity index (χ2v) is 4.35. The molecule has 0 bridgehead atoms. The van der Waals surface area contributed by atoms with Crippen LogP contribution in [0.15, 0.2) is 0 Å². The summed E-state index contributed by atoms with van der Waals surface area (Å²) in [4.78, 5) is 0. The minimum atomic E-state index is 0.288. The minimum Gasteiger partial charge on any atom is -0.382 e. The summed E-state index contributed by atoms with van der Waals surface area (Å²) in [6.45, 7) is 9.91. The van der Waals surface area contributed by atoms with Crippen molar-refractivity contribution in [3.8, 4) is 0 Å². The third-order valence-electron chi connectivity index (χ3n) is 2.68. The molecule has 80 valence electrons. The van der Waals surface area contributed by atoms with Crippen molar-refractivity contribution >= 4 is 0 Å². The van der Waals surface area contributed by atoms with E-state index in [1.54, 1.807) is 7.11 Å². The van der Waals surface area contributed by atoms with Gasteiger partial charge >= 0.3 is 0 Å². The molecule has 0 radical (unpaired) electrons. The number of hydrogen-bond acceptors (Lipinski definition) is 2. The van der Waals surface area contributed by atoms with Gasteiger partial charge in [-0.05, 0) is 46.6 Å². The zero-order valence-corrected chi connectivity index (χ0v) is 9.81. The van der Waals surface area contributed by atoms with E-state index < -0.39 is 0 Å². The van der Waals surface area contributed by atoms with Crippen molar-refractivity contribution in [3.63, 3.8) is 0 Å². The van der Waals surface area contributed by atoms with Gasteiger partial charge in [0.15, 0.2) is 0 Å². The van der Waals surface area contributed by atoms with Gasteiger partial charge in [-0.2, -0.15) is 0 Å². The first-order valence-corrected chi connectivity index (χ1v) is 5.29. The summed E-state index contributed by atoms with van der Waals surface area (Å²) in [6, 6.07) is 0. The smallest absolute Gasteiger partial charge is 0.0543 e. The summed E-state index contributed by atoms with van der Waals surface area (Å²) in [6.07, 6.45) is 3.90. The van der Waals surface area contributed by atoms with E-state index in [9.17, 15) is 0 Å². The molecule has 0 aliphatic rings. The van der Waals surface area contributed by atoms with Crippen LogP contribution in [0, 0.1) is 0 Å². The molecule has 2 heteroatoms. The third kappa shape index (κ3) is 7.03. The lowest BCUT2D eigenvalue weighted by Crippen LogP contribution is -2.39. The number of nitrogens with one attached hydrogen (secondary N) is 1. The van der Waals surface area contributed by atoms with E-state index in [0.717, 1.165) is 13.0 Å². The van der Waals surface area contributed by atoms with Gasteiger partial charge in [0.1, 0.15) is 0 Å². The predicted octanol–water partition coefficient (Wildman–Crippen LogP) is 2.58. The molecule has 1 atom stereocenters. The second-order valence-electron chi connectivity index (χ2n) is 4.35. The van der Waals surface area contributed by atoms with E-state index in [2.05, 4.69) is 33.0 Å². The normalized spacial score (nSPS) is 14.5. The molecule has 0 rings (SSSR count). The van der Waals surface area contributed by atoms with E-state index >= 15 is 0 Å². The molecule has 2 nitrogen and oxygen atoms in total. The molecule has 0 aliphatic carbocycles. The highest BCUT2D eigenvalue weighted by Gasteiger charge is 2.12. The van der Waals surface area contributed by atoms with Gasteiger partial charge in [-0.3, -0.25) is 0 Å². The van der Waals surface area contributed by atoms with Gasteiger partial charge in [-0.15, -0.1) is 0 Å². The lowest BCUT2D eigenvalue weighted by molar-refractivity contribution is 0.108. The largest absolute Gasteiger partial charge is 0.382 e. The van der Waals surface area contributed by atoms with E-state index in [0.29, 0.717) is 6.10 Å². The van der Waals surface area contributed by atoms with E-state index in [1.807, 2.05) is 0 Å². The maximum Gasteiger partial charge on any atom is 0.0543 e. The second kappa shape index (κ2) is 6.39. The lowest BCUT2D eigenvalue weighted by Gasteiger charge is -2.24. The molecule has 1 N–H and O–H groups in total. The Hall–Kier alpha value is -0.0800. The van der Waals surface area contributed by atoms with Crippen LogP contribution in [0.2, 0.25) is 0 Å². The molecular weight excluding hydrogens is 162 g/mol. The molecule has 13 heavy (non-hydrogen) atoms. The highest BCUT2D eigenvalue weighted by Crippen LogP contribution is 2.07. The van der Waals surface area contributed by atoms with Gasteiger partial charge in [0, 0.05) is 12.6 Å². The Bertz CT molecular complexity index is 123. The molecule has 0 amide bonds. The Morgan fingerprint density at radius 3 is 2.46 bits per heavy atom. The Morgan fingerprint density at radius 1 is 1.38 bits per heavy atom. The van der Waals surface area contributed by atoms with Crippen LogP contribution >= 0.6 is 0 Å². The van der Waals surface area contributed by atoms with Crippen molar-refractivity contribution < 1.29 is 4.74 Å². The lowest BCUT2D eigenvalue weighted by atomic mass is 10.0. The van der Waals surface area contributed by atoms with Crippen LogP contribution < -0.4 is 5.32 Å². The number of hydrogen-bond donors (Lipinski definition) is 1. The minimum absolute atomic E-state index is 0.288. The number of ether oxygens (including phenoxy) is 1. The molecule has 0 aromatic rings. The van der Waals surface area contributed by atoms with Gasteiger partial charge in [0.05, 0.1) is 6.10 Å². The fourth-order valence-corrected chi connectivity index (χ4v) is 1.06. The monoisotopic (exact) mass is 187 g/mol. The van der Waals surface area contributed by atoms with Crippen LogP contribution in [-0.4, -0.2) is 25.3 Å². The molecule has 0 fully saturated rings. The third-order valence-corrected chi connectivity index (χ3v) is 2.68. The van der Waals surface area contributed by atoms with Crippen LogP contribution in [0.3, 0.4) is 0 Å². The molecule has 0 aliphatic heterocycles. The van der Waals surface area contributed by atoms with Gasteiger partial charge in [-0.1, -0.05) is 6.92 Å². The standard InChI is InChI=1S/C11H25NO/c1-6-11(3,4)12-9-7-8-10(2)13-5/h10,12H,6-9H2,1-5H3. The van der Waals surface area contributed by atoms with Gasteiger partial charge in [0.25, 0.3) is 0 Å². The Labute approximate surface area is 83.1 Å². The fourth-order valence-electron chi connectivity index (χ4n) is 1.06. The summed E-state index contributed by atoms with van der Waals surface area (Å²) in [5.41, 5.74) is 0.288. The van der Waals surface area contributed by atoms with Gasteiger partial charge in [-0.25, -0.2) is 0 Å². The molecule has 0 heterocycles. The van der Waals surface area contributed by atoms with Crippen molar-refractivity contribution in [3.05, 3.63) is 0 Å². The first-order valence-electron chi connectivity index (χ1n) is 5.29. The summed E-state index contributed by atoms with van der Waals surface area (Å²) < 4.78 is 5.18. The topological polar surface area (TPSA) is 21.3 Å². The molecule has 0 aromatic heterocycles. The molecule has 1 unspecified atom stereocenters. The summed E-state index contributed by atoms with van der Waals surface area (Å²) in [5, 5.41) is 3.53. The van der Waals surface area contributed by atoms with E-state index in [4.69, 9.17) is 4.74 Å². The fraction of sp³-hybridized carbons (Fsp3) is 1.00. The highest BCUT2D eigenvalue weighted by atomic mass is 16.5. The van der Waals surface area contributed by atoms with Gasteiger partial charge < -0.3 is 10.1 Å². The summed E-state index contributed by atoms with van der Waals surface area (Å²) in [7, 11) is 1.77. The first kappa shape index (κ1) is 12.9. The zero-order valence-electron chi connectivity index (χ0n) is 9.81. The summed E-state index contributed by atoms with van der Waals surface area (Å²) >= 11 is 0. The Morgan fingerprint density at radius 2 is 2.00 bits per heavy atom. The molecule has 0 saturated carbocycles. The van der Waals surface area contributed by atoms with Crippen LogP contribution in [0.1, 0.15) is 47.0 Å². The predicted molar refractivity (Wildman–Crippen MR) is 58.1 cm³/mol. The van der Waals surface area contributed by atoms with E-state index in [1.165, 1.54) is 12.8 Å². The maximum absolute atomic E-state index is 5.18. The average Bonchev–Trinajstić information content (AvgIpc) is 2.12. The highest BCUT2D eigenvalue weighted by molar-refractivity contribution is 4.74. The molecule has 0 saturated heterocycles. The van der Waals surface area contributed by atoms with E-state index in [-0.39, 0.29) is 5.54 Å². The van der Waals surface area contributed by atoms with Crippen molar-refractivity contribution in [2.45, 2.75) is 58.6 Å². The maximum atomic E-state index is 5.18. The van der Waals surface area contributed by atoms with Crippen LogP contribution in [-0.2, 0) is 4.74 Å². The van der Waals surface area contributed by atoms with Crippen molar-refractivity contribution in [2.75, 3.05) is 13.7 Å². The molecule has 0 spiro atoms. The Kier molecular flexibility index (Phi) is 6.35. The average molecular weight is 187 g/mol. The van der Waals surface area contributed by atoms with Crippen molar-refractivity contribution in [1.29, 1.82) is 0 Å². The summed E-state index contributed by atoms with van der Waals surface area (Å²) in [5.74, 6) is 0. The number of methoxy groups -OCH3 is 1. The quantitative estimate of drug-likeness (QED) is 0.619. The van der Waals surface area contributed by atoms with Crippen LogP contribution in [0.5, 0.6) is 0 Å². The zero-order chi connectivity index (χ0) is 10.3. The molecular formula is C11H25NO. The van der Waals surface area contributed by atoms with Crippen LogP contribution in [0.4, 0.5) is 0 Å². The van der Waals surface area contributed by atoms with Gasteiger partial charge in [0.2, 0.25) is 0 Å². The molecule has 0 aromatic carbocycles.